The normalized spacial score (nSPS) is 19.9. The Morgan fingerprint density at radius 3 is 2.94 bits per heavy atom. The SMILES string of the molecule is Cc1[nH]ncc1-c1cncc([C@H]2CCCNC2)n1. The van der Waals surface area contributed by atoms with Crippen LogP contribution in [-0.2, 0) is 0 Å². The maximum Gasteiger partial charge on any atom is 0.0922 e. The zero-order valence-electron chi connectivity index (χ0n) is 10.5. The third kappa shape index (κ3) is 2.13. The fraction of sp³-hybridized carbons (Fsp3) is 0.462. The van der Waals surface area contributed by atoms with E-state index in [1.54, 1.807) is 6.20 Å². The van der Waals surface area contributed by atoms with Crippen LogP contribution in [0.4, 0.5) is 0 Å². The van der Waals surface area contributed by atoms with E-state index in [1.807, 2.05) is 19.3 Å². The van der Waals surface area contributed by atoms with Gasteiger partial charge in [0.2, 0.25) is 0 Å². The molecular formula is C13H17N5. The molecule has 1 atom stereocenters. The minimum atomic E-state index is 0.485. The summed E-state index contributed by atoms with van der Waals surface area (Å²) < 4.78 is 0. The highest BCUT2D eigenvalue weighted by atomic mass is 15.1. The number of aryl methyl sites for hydroxylation is 1. The van der Waals surface area contributed by atoms with Gasteiger partial charge in [-0.3, -0.25) is 10.1 Å². The first-order valence-corrected chi connectivity index (χ1v) is 6.37. The molecule has 2 N–H and O–H groups in total. The lowest BCUT2D eigenvalue weighted by Gasteiger charge is -2.22. The molecule has 0 unspecified atom stereocenters. The van der Waals surface area contributed by atoms with Gasteiger partial charge in [-0.15, -0.1) is 0 Å². The van der Waals surface area contributed by atoms with Crippen molar-refractivity contribution in [2.45, 2.75) is 25.7 Å². The van der Waals surface area contributed by atoms with Crippen molar-refractivity contribution >= 4 is 0 Å². The molecule has 0 bridgehead atoms. The molecule has 2 aromatic rings. The van der Waals surface area contributed by atoms with Gasteiger partial charge in [-0.05, 0) is 26.3 Å². The summed E-state index contributed by atoms with van der Waals surface area (Å²) in [7, 11) is 0. The number of rotatable bonds is 2. The van der Waals surface area contributed by atoms with E-state index in [4.69, 9.17) is 4.98 Å². The molecule has 1 aliphatic heterocycles. The number of hydrogen-bond donors (Lipinski definition) is 2. The summed E-state index contributed by atoms with van der Waals surface area (Å²) in [6, 6.07) is 0. The molecule has 2 aromatic heterocycles. The van der Waals surface area contributed by atoms with E-state index in [0.717, 1.165) is 35.7 Å². The number of piperidine rings is 1. The number of nitrogens with zero attached hydrogens (tertiary/aromatic N) is 3. The number of aromatic amines is 1. The minimum absolute atomic E-state index is 0.485. The Bertz CT molecular complexity index is 528. The van der Waals surface area contributed by atoms with E-state index in [0.29, 0.717) is 5.92 Å². The van der Waals surface area contributed by atoms with E-state index in [1.165, 1.54) is 12.8 Å². The molecule has 5 nitrogen and oxygen atoms in total. The number of aromatic nitrogens is 4. The predicted octanol–water partition coefficient (Wildman–Crippen LogP) is 1.64. The van der Waals surface area contributed by atoms with Crippen molar-refractivity contribution in [3.8, 4) is 11.3 Å². The van der Waals surface area contributed by atoms with Crippen LogP contribution in [0.25, 0.3) is 11.3 Å². The van der Waals surface area contributed by atoms with Gasteiger partial charge in [0.1, 0.15) is 0 Å². The average Bonchev–Trinajstić information content (AvgIpc) is 2.86. The van der Waals surface area contributed by atoms with Gasteiger partial charge < -0.3 is 5.32 Å². The quantitative estimate of drug-likeness (QED) is 0.841. The molecule has 0 aliphatic carbocycles. The molecular weight excluding hydrogens is 226 g/mol. The zero-order chi connectivity index (χ0) is 12.4. The Labute approximate surface area is 106 Å². The van der Waals surface area contributed by atoms with Gasteiger partial charge in [0, 0.05) is 29.9 Å². The van der Waals surface area contributed by atoms with Crippen molar-refractivity contribution < 1.29 is 0 Å². The Hall–Kier alpha value is -1.75. The van der Waals surface area contributed by atoms with Gasteiger partial charge in [-0.1, -0.05) is 0 Å². The smallest absolute Gasteiger partial charge is 0.0922 e. The summed E-state index contributed by atoms with van der Waals surface area (Å²) in [5, 5.41) is 10.4. The van der Waals surface area contributed by atoms with Crippen molar-refractivity contribution in [2.24, 2.45) is 0 Å². The summed E-state index contributed by atoms with van der Waals surface area (Å²) in [5.41, 5.74) is 4.06. The first-order valence-electron chi connectivity index (χ1n) is 6.37. The van der Waals surface area contributed by atoms with Crippen LogP contribution in [0.1, 0.15) is 30.1 Å². The summed E-state index contributed by atoms with van der Waals surface area (Å²) in [5.74, 6) is 0.485. The van der Waals surface area contributed by atoms with Crippen LogP contribution in [0.5, 0.6) is 0 Å². The fourth-order valence-corrected chi connectivity index (χ4v) is 2.42. The number of hydrogen-bond acceptors (Lipinski definition) is 4. The van der Waals surface area contributed by atoms with Gasteiger partial charge in [0.25, 0.3) is 0 Å². The van der Waals surface area contributed by atoms with Crippen LogP contribution in [0.15, 0.2) is 18.6 Å². The monoisotopic (exact) mass is 243 g/mol. The highest BCUT2D eigenvalue weighted by molar-refractivity contribution is 5.59. The summed E-state index contributed by atoms with van der Waals surface area (Å²) in [6.45, 7) is 4.12. The molecule has 0 spiro atoms. The Balaban J connectivity index is 1.91. The molecule has 5 heteroatoms. The summed E-state index contributed by atoms with van der Waals surface area (Å²) in [4.78, 5) is 9.06. The standard InChI is InChI=1S/C13H17N5/c1-9-11(6-16-18-9)13-8-15-7-12(17-13)10-3-2-4-14-5-10/h6-8,10,14H,2-5H2,1H3,(H,16,18)/t10-/m0/s1. The van der Waals surface area contributed by atoms with Crippen LogP contribution in [0, 0.1) is 6.92 Å². The highest BCUT2D eigenvalue weighted by Gasteiger charge is 2.17. The van der Waals surface area contributed by atoms with Crippen LogP contribution in [-0.4, -0.2) is 33.3 Å². The Kier molecular flexibility index (Phi) is 3.06. The molecule has 0 aromatic carbocycles. The molecule has 1 saturated heterocycles. The number of nitrogens with one attached hydrogen (secondary N) is 2. The summed E-state index contributed by atoms with van der Waals surface area (Å²) >= 11 is 0. The third-order valence-corrected chi connectivity index (χ3v) is 3.47. The van der Waals surface area contributed by atoms with Gasteiger partial charge in [0.15, 0.2) is 0 Å². The molecule has 0 amide bonds. The van der Waals surface area contributed by atoms with Gasteiger partial charge in [-0.25, -0.2) is 4.98 Å². The first kappa shape index (κ1) is 11.3. The van der Waals surface area contributed by atoms with Crippen LogP contribution in [0.3, 0.4) is 0 Å². The molecule has 0 radical (unpaired) electrons. The molecule has 1 fully saturated rings. The average molecular weight is 243 g/mol. The maximum atomic E-state index is 4.74. The molecule has 94 valence electrons. The van der Waals surface area contributed by atoms with Crippen molar-refractivity contribution in [1.82, 2.24) is 25.5 Å². The Morgan fingerprint density at radius 1 is 1.28 bits per heavy atom. The maximum absolute atomic E-state index is 4.74. The van der Waals surface area contributed by atoms with E-state index < -0.39 is 0 Å². The lowest BCUT2D eigenvalue weighted by Crippen LogP contribution is -2.28. The molecule has 3 rings (SSSR count). The molecule has 18 heavy (non-hydrogen) atoms. The van der Waals surface area contributed by atoms with Gasteiger partial charge >= 0.3 is 0 Å². The second kappa shape index (κ2) is 4.86. The fourth-order valence-electron chi connectivity index (χ4n) is 2.42. The van der Waals surface area contributed by atoms with Crippen molar-refractivity contribution in [3.05, 3.63) is 30.0 Å². The highest BCUT2D eigenvalue weighted by Crippen LogP contribution is 2.24. The van der Waals surface area contributed by atoms with Crippen molar-refractivity contribution in [2.75, 3.05) is 13.1 Å². The molecule has 1 aliphatic rings. The largest absolute Gasteiger partial charge is 0.316 e. The second-order valence-electron chi connectivity index (χ2n) is 4.78. The molecule has 0 saturated carbocycles. The lowest BCUT2D eigenvalue weighted by molar-refractivity contribution is 0.454. The second-order valence-corrected chi connectivity index (χ2v) is 4.78. The topological polar surface area (TPSA) is 66.5 Å². The van der Waals surface area contributed by atoms with E-state index >= 15 is 0 Å². The lowest BCUT2D eigenvalue weighted by atomic mass is 9.96. The zero-order valence-corrected chi connectivity index (χ0v) is 10.5. The Morgan fingerprint density at radius 2 is 2.22 bits per heavy atom. The van der Waals surface area contributed by atoms with E-state index in [9.17, 15) is 0 Å². The third-order valence-electron chi connectivity index (χ3n) is 3.47. The minimum Gasteiger partial charge on any atom is -0.316 e. The van der Waals surface area contributed by atoms with Crippen LogP contribution >= 0.6 is 0 Å². The van der Waals surface area contributed by atoms with Crippen LogP contribution < -0.4 is 5.32 Å². The molecule has 3 heterocycles. The van der Waals surface area contributed by atoms with Crippen LogP contribution in [0.2, 0.25) is 0 Å². The van der Waals surface area contributed by atoms with Gasteiger partial charge in [-0.2, -0.15) is 5.10 Å². The van der Waals surface area contributed by atoms with Crippen molar-refractivity contribution in [1.29, 1.82) is 0 Å². The first-order chi connectivity index (χ1) is 8.84. The van der Waals surface area contributed by atoms with Crippen molar-refractivity contribution in [3.63, 3.8) is 0 Å². The van der Waals surface area contributed by atoms with E-state index in [2.05, 4.69) is 20.5 Å². The van der Waals surface area contributed by atoms with Gasteiger partial charge in [0.05, 0.1) is 23.8 Å². The van der Waals surface area contributed by atoms with E-state index in [-0.39, 0.29) is 0 Å². The summed E-state index contributed by atoms with van der Waals surface area (Å²) in [6.07, 6.45) is 7.90. The number of H-pyrrole nitrogens is 1. The predicted molar refractivity (Wildman–Crippen MR) is 69.2 cm³/mol.